The molecule has 6 atom stereocenters. The Kier molecular flexibility index (Phi) is 18.2. The number of hydrogen-bond acceptors (Lipinski definition) is 16. The Morgan fingerprint density at radius 2 is 0.853 bits per heavy atom. The zero-order valence-electron chi connectivity index (χ0n) is 44.2. The summed E-state index contributed by atoms with van der Waals surface area (Å²) in [5, 5.41) is 0. The standard InChI is InChI=1S/2C24H32N3O5S.CHF3.H2O4S/c2*1-23(2,3)31-21(29)18-19(33-14-8-11-25(7)12-9-14)15-10-13-26(22(30)32-24(4,5)6)17-16(15)27(18)20(17)28;2-1(3)4;1-5(2,3)4/h2*8-9,11-12,15-17H,10,13H2,1-7H3;1H;(H2,1,2,3,4)/q2*+1;;/p-2/t2*15?,16-,17+;;/m11../s1. The SMILES string of the molecule is C[n+]1ccc(SC2=C(C(=O)OC(C)(C)C)N3C(=O)[C@@H]4[C@H]3C2CCN4C(=O)OC(C)(C)C)cc1.C[n+]1ccc(SC2=C(C(=O)OC(C)(C)C)N3C(=O)[C@@H]4[C@H]3C2CCN4C(=O)OC(C)(C)C)cc1.FC(F)F.O=S(=O)([O-])[O-]. The third kappa shape index (κ3) is 15.4. The molecule has 8 rings (SSSR count). The maximum absolute atomic E-state index is 13.3. The molecule has 0 aromatic carbocycles. The second kappa shape index (κ2) is 22.6. The van der Waals surface area contributed by atoms with Crippen LogP contribution >= 0.6 is 23.5 Å². The molecule has 26 heteroatoms. The average Bonchev–Trinajstić information content (AvgIpc) is 3.72. The third-order valence-electron chi connectivity index (χ3n) is 11.5. The van der Waals surface area contributed by atoms with Crippen LogP contribution in [0.25, 0.3) is 0 Å². The minimum atomic E-state index is -5.17. The van der Waals surface area contributed by atoms with Crippen LogP contribution < -0.4 is 9.13 Å². The first-order valence-corrected chi connectivity index (χ1v) is 26.7. The van der Waals surface area contributed by atoms with Crippen LogP contribution in [-0.2, 0) is 62.6 Å². The van der Waals surface area contributed by atoms with E-state index in [1.165, 1.54) is 33.3 Å². The molecule has 0 aliphatic carbocycles. The molecule has 6 aliphatic heterocycles. The fourth-order valence-corrected chi connectivity index (χ4v) is 11.4. The fourth-order valence-electron chi connectivity index (χ4n) is 8.99. The summed E-state index contributed by atoms with van der Waals surface area (Å²) in [4.78, 5) is 88.4. The zero-order valence-corrected chi connectivity index (χ0v) is 46.7. The lowest BCUT2D eigenvalue weighted by Gasteiger charge is -2.53. The molecular formula is C49H65F3N6O14S3. The summed E-state index contributed by atoms with van der Waals surface area (Å²) in [6, 6.07) is 6.13. The van der Waals surface area contributed by atoms with Gasteiger partial charge in [-0.25, -0.2) is 28.3 Å². The topological polar surface area (TPSA) is 240 Å². The van der Waals surface area contributed by atoms with E-state index in [-0.39, 0.29) is 35.7 Å². The number of ether oxygens (including phenoxy) is 4. The van der Waals surface area contributed by atoms with Crippen molar-refractivity contribution in [1.29, 1.82) is 0 Å². The first-order chi connectivity index (χ1) is 34.3. The van der Waals surface area contributed by atoms with Gasteiger partial charge in [0.25, 0.3) is 11.8 Å². The van der Waals surface area contributed by atoms with E-state index in [4.69, 9.17) is 36.5 Å². The van der Waals surface area contributed by atoms with Crippen molar-refractivity contribution in [3.8, 4) is 0 Å². The Morgan fingerprint density at radius 1 is 0.587 bits per heavy atom. The summed E-state index contributed by atoms with van der Waals surface area (Å²) >= 11 is 2.99. The molecule has 414 valence electrons. The van der Waals surface area contributed by atoms with Crippen LogP contribution in [0.1, 0.15) is 95.9 Å². The van der Waals surface area contributed by atoms with Crippen LogP contribution in [0, 0.1) is 11.8 Å². The highest BCUT2D eigenvalue weighted by atomic mass is 32.3. The number of piperidine rings is 2. The summed E-state index contributed by atoms with van der Waals surface area (Å²) in [5.74, 6) is -1.59. The van der Waals surface area contributed by atoms with Crippen LogP contribution in [0.15, 0.2) is 80.0 Å². The van der Waals surface area contributed by atoms with E-state index in [1.807, 2.05) is 114 Å². The number of hydrogen-bond donors (Lipinski definition) is 0. The number of aryl methyl sites for hydroxylation is 2. The van der Waals surface area contributed by atoms with Crippen LogP contribution in [0.5, 0.6) is 0 Å². The lowest BCUT2D eigenvalue weighted by molar-refractivity contribution is -0.671. The Labute approximate surface area is 443 Å². The van der Waals surface area contributed by atoms with Gasteiger partial charge >= 0.3 is 30.8 Å². The molecule has 20 nitrogen and oxygen atoms in total. The second-order valence-electron chi connectivity index (χ2n) is 22.1. The molecule has 8 heterocycles. The molecule has 0 saturated carbocycles. The van der Waals surface area contributed by atoms with Crippen molar-refractivity contribution in [3.63, 3.8) is 0 Å². The van der Waals surface area contributed by atoms with Gasteiger partial charge in [-0.3, -0.25) is 37.6 Å². The normalized spacial score (nSPS) is 22.8. The number of rotatable bonds is 6. The van der Waals surface area contributed by atoms with E-state index < -0.39 is 75.7 Å². The molecule has 2 aromatic rings. The second-order valence-corrected chi connectivity index (χ2v) is 25.2. The summed E-state index contributed by atoms with van der Waals surface area (Å²) in [6.45, 7) is 18.8. The van der Waals surface area contributed by atoms with Crippen molar-refractivity contribution in [3.05, 3.63) is 70.3 Å². The lowest BCUT2D eigenvalue weighted by Crippen LogP contribution is -2.73. The Balaban J connectivity index is 0.000000239. The number of likely N-dealkylation sites (tertiary alicyclic amines) is 2. The zero-order chi connectivity index (χ0) is 56.7. The van der Waals surface area contributed by atoms with Crippen molar-refractivity contribution >= 4 is 69.9 Å². The smallest absolute Gasteiger partial charge is 0.411 e. The van der Waals surface area contributed by atoms with Crippen molar-refractivity contribution in [2.24, 2.45) is 25.9 Å². The molecule has 0 spiro atoms. The van der Waals surface area contributed by atoms with Gasteiger partial charge < -0.3 is 28.1 Å². The maximum atomic E-state index is 13.3. The predicted octanol–water partition coefficient (Wildman–Crippen LogP) is 5.85. The predicted molar refractivity (Wildman–Crippen MR) is 261 cm³/mol. The van der Waals surface area contributed by atoms with Gasteiger partial charge in [0.15, 0.2) is 24.8 Å². The minimum absolute atomic E-state index is 0.0344. The highest BCUT2D eigenvalue weighted by Gasteiger charge is 2.66. The van der Waals surface area contributed by atoms with Crippen LogP contribution in [-0.4, -0.2) is 139 Å². The summed E-state index contributed by atoms with van der Waals surface area (Å²) in [7, 11) is -1.28. The molecule has 0 radical (unpaired) electrons. The maximum Gasteiger partial charge on any atom is 0.411 e. The molecule has 4 saturated heterocycles. The number of amides is 4. The largest absolute Gasteiger partial charge is 0.759 e. The van der Waals surface area contributed by atoms with E-state index >= 15 is 0 Å². The first-order valence-electron chi connectivity index (χ1n) is 23.7. The van der Waals surface area contributed by atoms with Gasteiger partial charge in [0.2, 0.25) is 0 Å². The van der Waals surface area contributed by atoms with E-state index in [0.29, 0.717) is 37.3 Å². The van der Waals surface area contributed by atoms with E-state index in [9.17, 15) is 41.9 Å². The third-order valence-corrected chi connectivity index (χ3v) is 13.9. The highest BCUT2D eigenvalue weighted by Crippen LogP contribution is 2.55. The van der Waals surface area contributed by atoms with Gasteiger partial charge in [-0.2, -0.15) is 13.2 Å². The summed E-state index contributed by atoms with van der Waals surface area (Å²) in [5.41, 5.74) is -2.06. The van der Waals surface area contributed by atoms with Gasteiger partial charge in [-0.1, -0.05) is 23.5 Å². The van der Waals surface area contributed by atoms with Crippen molar-refractivity contribution in [2.45, 2.75) is 159 Å². The van der Waals surface area contributed by atoms with Crippen LogP contribution in [0.3, 0.4) is 0 Å². The Bertz CT molecular complexity index is 2520. The van der Waals surface area contributed by atoms with Gasteiger partial charge in [0.1, 0.15) is 60.0 Å². The number of nitrogens with zero attached hydrogens (tertiary/aromatic N) is 6. The molecule has 2 aromatic heterocycles. The molecule has 2 unspecified atom stereocenters. The molecule has 75 heavy (non-hydrogen) atoms. The quantitative estimate of drug-likeness (QED) is 0.0823. The van der Waals surface area contributed by atoms with Gasteiger partial charge in [0, 0.05) is 79.2 Å². The number of thioether (sulfide) groups is 2. The molecule has 6 aliphatic rings. The lowest BCUT2D eigenvalue weighted by atomic mass is 9.81. The van der Waals surface area contributed by atoms with Crippen LogP contribution in [0.2, 0.25) is 0 Å². The van der Waals surface area contributed by atoms with Gasteiger partial charge in [-0.05, 0) is 95.9 Å². The van der Waals surface area contributed by atoms with E-state index in [1.54, 1.807) is 51.3 Å². The van der Waals surface area contributed by atoms with Crippen LogP contribution in [0.4, 0.5) is 22.8 Å². The average molecular weight is 1120 g/mol. The monoisotopic (exact) mass is 1110 g/mol. The number of esters is 2. The molecular weight excluding hydrogens is 1050 g/mol. The van der Waals surface area contributed by atoms with Crippen molar-refractivity contribution in [2.75, 3.05) is 13.1 Å². The number of pyridine rings is 2. The number of β-lactam (4-membered cyclic amide) rings is 2. The highest BCUT2D eigenvalue weighted by molar-refractivity contribution is 8.03. The Hall–Kier alpha value is -5.44. The number of alkyl halides is 3. The fraction of sp³-hybridized carbons (Fsp3) is 0.592. The molecule has 0 N–H and O–H groups in total. The van der Waals surface area contributed by atoms with Crippen molar-refractivity contribution < 1.29 is 87.5 Å². The number of aromatic nitrogens is 2. The van der Waals surface area contributed by atoms with Gasteiger partial charge in [-0.15, -0.1) is 0 Å². The summed E-state index contributed by atoms with van der Waals surface area (Å²) < 4.78 is 89.4. The van der Waals surface area contributed by atoms with Crippen molar-refractivity contribution in [1.82, 2.24) is 19.6 Å². The summed E-state index contributed by atoms with van der Waals surface area (Å²) in [6.07, 6.45) is 8.07. The Morgan fingerprint density at radius 3 is 1.11 bits per heavy atom. The number of carbonyl (C=O) groups is 6. The molecule has 4 fully saturated rings. The first kappa shape index (κ1) is 60.4. The minimum Gasteiger partial charge on any atom is -0.759 e. The van der Waals surface area contributed by atoms with Gasteiger partial charge in [0.05, 0.1) is 12.1 Å². The van der Waals surface area contributed by atoms with E-state index in [2.05, 4.69) is 0 Å². The number of halogens is 3. The van der Waals surface area contributed by atoms with E-state index in [0.717, 1.165) is 19.6 Å². The molecule has 0 bridgehead atoms. The number of carbonyl (C=O) groups excluding carboxylic acids is 6. The molecule has 4 amide bonds.